The number of hydrogen-bond donors (Lipinski definition) is 2. The fourth-order valence-electron chi connectivity index (χ4n) is 2.85. The first-order chi connectivity index (χ1) is 11.3. The summed E-state index contributed by atoms with van der Waals surface area (Å²) in [5.41, 5.74) is -1.55. The minimum atomic E-state index is -4.47. The van der Waals surface area contributed by atoms with Crippen LogP contribution >= 0.6 is 11.3 Å². The Kier molecular flexibility index (Phi) is 6.22. The van der Waals surface area contributed by atoms with Crippen LogP contribution in [-0.2, 0) is 15.7 Å². The summed E-state index contributed by atoms with van der Waals surface area (Å²) in [5, 5.41) is 7.34. The van der Waals surface area contributed by atoms with Gasteiger partial charge in [-0.3, -0.25) is 4.79 Å². The molecule has 1 aliphatic rings. The Morgan fingerprint density at radius 2 is 2.17 bits per heavy atom. The van der Waals surface area contributed by atoms with E-state index in [1.54, 1.807) is 7.11 Å². The van der Waals surface area contributed by atoms with E-state index in [4.69, 9.17) is 4.74 Å². The van der Waals surface area contributed by atoms with E-state index in [0.29, 0.717) is 39.0 Å². The van der Waals surface area contributed by atoms with Gasteiger partial charge in [0, 0.05) is 12.5 Å². The summed E-state index contributed by atoms with van der Waals surface area (Å²) in [7, 11) is 1.55. The number of alkyl halides is 3. The van der Waals surface area contributed by atoms with Gasteiger partial charge >= 0.3 is 6.18 Å². The lowest BCUT2D eigenvalue weighted by Gasteiger charge is -2.36. The Labute approximate surface area is 143 Å². The first-order valence-corrected chi connectivity index (χ1v) is 8.73. The summed E-state index contributed by atoms with van der Waals surface area (Å²) >= 11 is 0.921. The van der Waals surface area contributed by atoms with Crippen molar-refractivity contribution in [2.24, 2.45) is 5.41 Å². The standard InChI is InChI=1S/C15H22F3N3O2S/c1-3-10(12-21-11(8-24-12)15(16,17)18)20-13(22)14(9-23-2)4-6-19-7-5-14/h8,10,19H,3-7,9H2,1-2H3,(H,20,22). The smallest absolute Gasteiger partial charge is 0.384 e. The number of thiazole rings is 1. The lowest BCUT2D eigenvalue weighted by atomic mass is 9.78. The van der Waals surface area contributed by atoms with Gasteiger partial charge in [-0.2, -0.15) is 13.2 Å². The number of ether oxygens (including phenoxy) is 1. The molecule has 0 saturated carbocycles. The third-order valence-electron chi connectivity index (χ3n) is 4.29. The zero-order valence-electron chi connectivity index (χ0n) is 13.7. The number of rotatable bonds is 6. The maximum absolute atomic E-state index is 12.8. The van der Waals surface area contributed by atoms with Crippen molar-refractivity contribution in [1.82, 2.24) is 15.6 Å². The van der Waals surface area contributed by atoms with Crippen molar-refractivity contribution in [2.75, 3.05) is 26.8 Å². The van der Waals surface area contributed by atoms with Gasteiger partial charge in [0.15, 0.2) is 5.69 Å². The molecule has 5 nitrogen and oxygen atoms in total. The molecule has 0 radical (unpaired) electrons. The van der Waals surface area contributed by atoms with E-state index in [0.717, 1.165) is 16.7 Å². The maximum atomic E-state index is 12.8. The average molecular weight is 365 g/mol. The number of piperidine rings is 1. The van der Waals surface area contributed by atoms with Crippen LogP contribution in [0.2, 0.25) is 0 Å². The highest BCUT2D eigenvalue weighted by molar-refractivity contribution is 7.09. The Balaban J connectivity index is 2.13. The average Bonchev–Trinajstić information content (AvgIpc) is 3.03. The summed E-state index contributed by atoms with van der Waals surface area (Å²) in [5.74, 6) is -0.179. The molecule has 2 heterocycles. The summed E-state index contributed by atoms with van der Waals surface area (Å²) in [6.45, 7) is 3.53. The summed E-state index contributed by atoms with van der Waals surface area (Å²) in [6, 6.07) is -0.526. The van der Waals surface area contributed by atoms with Gasteiger partial charge in [0.2, 0.25) is 5.91 Å². The van der Waals surface area contributed by atoms with Gasteiger partial charge in [0.25, 0.3) is 0 Å². The molecule has 0 aliphatic carbocycles. The Morgan fingerprint density at radius 1 is 1.50 bits per heavy atom. The first-order valence-electron chi connectivity index (χ1n) is 7.85. The third kappa shape index (κ3) is 4.25. The second-order valence-electron chi connectivity index (χ2n) is 5.97. The highest BCUT2D eigenvalue weighted by Gasteiger charge is 2.41. The quantitative estimate of drug-likeness (QED) is 0.814. The molecule has 1 amide bonds. The monoisotopic (exact) mass is 365 g/mol. The summed E-state index contributed by atoms with van der Waals surface area (Å²) in [6.07, 6.45) is -2.73. The number of nitrogens with zero attached hydrogens (tertiary/aromatic N) is 1. The molecule has 0 aromatic carbocycles. The van der Waals surface area contributed by atoms with Crippen LogP contribution in [0.3, 0.4) is 0 Å². The molecule has 9 heteroatoms. The number of carbonyl (C=O) groups excluding carboxylic acids is 1. The number of hydrogen-bond acceptors (Lipinski definition) is 5. The molecule has 2 rings (SSSR count). The van der Waals surface area contributed by atoms with E-state index in [1.807, 2.05) is 6.92 Å². The van der Waals surface area contributed by atoms with Gasteiger partial charge in [0.1, 0.15) is 5.01 Å². The molecule has 1 saturated heterocycles. The van der Waals surface area contributed by atoms with E-state index >= 15 is 0 Å². The number of amides is 1. The van der Waals surface area contributed by atoms with Crippen LogP contribution in [0, 0.1) is 5.41 Å². The van der Waals surface area contributed by atoms with Gasteiger partial charge in [-0.25, -0.2) is 4.98 Å². The second-order valence-corrected chi connectivity index (χ2v) is 6.86. The van der Waals surface area contributed by atoms with Gasteiger partial charge in [-0.05, 0) is 32.4 Å². The molecule has 1 aromatic heterocycles. The first kappa shape index (κ1) is 19.1. The van der Waals surface area contributed by atoms with E-state index in [2.05, 4.69) is 15.6 Å². The van der Waals surface area contributed by atoms with Gasteiger partial charge in [0.05, 0.1) is 18.1 Å². The summed E-state index contributed by atoms with van der Waals surface area (Å²) < 4.78 is 43.4. The highest BCUT2D eigenvalue weighted by Crippen LogP contribution is 2.34. The fraction of sp³-hybridized carbons (Fsp3) is 0.733. The predicted octanol–water partition coefficient (Wildman–Crippen LogP) is 2.75. The van der Waals surface area contributed by atoms with Gasteiger partial charge in [-0.1, -0.05) is 6.92 Å². The zero-order chi connectivity index (χ0) is 17.8. The minimum absolute atomic E-state index is 0.179. The molecule has 1 aromatic rings. The molecule has 2 N–H and O–H groups in total. The van der Waals surface area contributed by atoms with Crippen LogP contribution in [0.4, 0.5) is 13.2 Å². The number of nitrogens with one attached hydrogen (secondary N) is 2. The van der Waals surface area contributed by atoms with Crippen LogP contribution < -0.4 is 10.6 Å². The Hall–Kier alpha value is -1.19. The van der Waals surface area contributed by atoms with Crippen molar-refractivity contribution in [2.45, 2.75) is 38.4 Å². The predicted molar refractivity (Wildman–Crippen MR) is 84.7 cm³/mol. The lowest BCUT2D eigenvalue weighted by molar-refractivity contribution is -0.140. The van der Waals surface area contributed by atoms with E-state index in [1.165, 1.54) is 0 Å². The maximum Gasteiger partial charge on any atom is 0.434 e. The van der Waals surface area contributed by atoms with Gasteiger partial charge < -0.3 is 15.4 Å². The van der Waals surface area contributed by atoms with Crippen LogP contribution in [0.15, 0.2) is 5.38 Å². The van der Waals surface area contributed by atoms with Crippen molar-refractivity contribution in [3.05, 3.63) is 16.1 Å². The summed E-state index contributed by atoms with van der Waals surface area (Å²) in [4.78, 5) is 16.4. The molecular weight excluding hydrogens is 343 g/mol. The number of aromatic nitrogens is 1. The molecular formula is C15H22F3N3O2S. The lowest BCUT2D eigenvalue weighted by Crippen LogP contribution is -2.50. The van der Waals surface area contributed by atoms with Gasteiger partial charge in [-0.15, -0.1) is 11.3 Å². The van der Waals surface area contributed by atoms with Crippen molar-refractivity contribution in [3.63, 3.8) is 0 Å². The molecule has 0 spiro atoms. The number of carbonyl (C=O) groups is 1. The molecule has 1 fully saturated rings. The number of halogens is 3. The molecule has 136 valence electrons. The Morgan fingerprint density at radius 3 is 2.67 bits per heavy atom. The number of methoxy groups -OCH3 is 1. The van der Waals surface area contributed by atoms with E-state index in [-0.39, 0.29) is 10.9 Å². The van der Waals surface area contributed by atoms with Crippen LogP contribution in [0.5, 0.6) is 0 Å². The fourth-order valence-corrected chi connectivity index (χ4v) is 3.81. The Bertz CT molecular complexity index is 551. The van der Waals surface area contributed by atoms with Crippen LogP contribution in [0.1, 0.15) is 42.9 Å². The molecule has 24 heavy (non-hydrogen) atoms. The van der Waals surface area contributed by atoms with Crippen molar-refractivity contribution in [1.29, 1.82) is 0 Å². The van der Waals surface area contributed by atoms with Crippen LogP contribution in [-0.4, -0.2) is 37.7 Å². The van der Waals surface area contributed by atoms with Crippen molar-refractivity contribution < 1.29 is 22.7 Å². The molecule has 0 bridgehead atoms. The molecule has 1 unspecified atom stereocenters. The van der Waals surface area contributed by atoms with Crippen molar-refractivity contribution >= 4 is 17.2 Å². The SMILES string of the molecule is CCC(NC(=O)C1(COC)CCNCC1)c1nc(C(F)(F)F)cs1. The van der Waals surface area contributed by atoms with Crippen molar-refractivity contribution in [3.8, 4) is 0 Å². The van der Waals surface area contributed by atoms with E-state index < -0.39 is 23.3 Å². The molecule has 1 aliphatic heterocycles. The largest absolute Gasteiger partial charge is 0.434 e. The second kappa shape index (κ2) is 7.79. The zero-order valence-corrected chi connectivity index (χ0v) is 14.5. The van der Waals surface area contributed by atoms with E-state index in [9.17, 15) is 18.0 Å². The minimum Gasteiger partial charge on any atom is -0.384 e. The highest BCUT2D eigenvalue weighted by atomic mass is 32.1. The van der Waals surface area contributed by atoms with Crippen LogP contribution in [0.25, 0.3) is 0 Å². The molecule has 1 atom stereocenters. The third-order valence-corrected chi connectivity index (χ3v) is 5.25. The topological polar surface area (TPSA) is 63.2 Å². The normalized spacial score (nSPS) is 19.0.